The number of ether oxygens (including phenoxy) is 2. The number of anilines is 1. The highest BCUT2D eigenvalue weighted by atomic mass is 16.5. The maximum Gasteiger partial charge on any atom is 0.221 e. The summed E-state index contributed by atoms with van der Waals surface area (Å²) in [5.41, 5.74) is 0.893. The summed E-state index contributed by atoms with van der Waals surface area (Å²) in [6, 6.07) is 7.43. The molecule has 1 amide bonds. The van der Waals surface area contributed by atoms with Crippen molar-refractivity contribution in [3.05, 3.63) is 24.3 Å². The van der Waals surface area contributed by atoms with Gasteiger partial charge < -0.3 is 25.4 Å². The van der Waals surface area contributed by atoms with E-state index in [0.717, 1.165) is 56.8 Å². The number of hydrogen-bond acceptors (Lipinski definition) is 5. The third-order valence-corrected chi connectivity index (χ3v) is 6.16. The highest BCUT2D eigenvalue weighted by molar-refractivity contribution is 5.88. The molecule has 0 bridgehead atoms. The van der Waals surface area contributed by atoms with E-state index in [1.165, 1.54) is 39.0 Å². The fourth-order valence-electron chi connectivity index (χ4n) is 4.60. The number of morpholine rings is 1. The normalized spacial score (nSPS) is 19.2. The number of carbonyl (C=O) groups is 1. The SMILES string of the molecule is CCNC(=NCC1(N2CCOCC2)CCCCC1)NCCOc1cccc(NC(C)=O)c1. The van der Waals surface area contributed by atoms with Gasteiger partial charge in [0.15, 0.2) is 5.96 Å². The molecule has 1 aromatic rings. The van der Waals surface area contributed by atoms with Crippen LogP contribution in [0.5, 0.6) is 5.75 Å². The fraction of sp³-hybridized carbons (Fsp3) is 0.667. The fourth-order valence-corrected chi connectivity index (χ4v) is 4.60. The topological polar surface area (TPSA) is 87.2 Å². The summed E-state index contributed by atoms with van der Waals surface area (Å²) in [6.45, 7) is 10.0. The lowest BCUT2D eigenvalue weighted by atomic mass is 9.80. The maximum absolute atomic E-state index is 11.2. The minimum atomic E-state index is -0.0943. The molecule has 32 heavy (non-hydrogen) atoms. The number of nitrogens with one attached hydrogen (secondary N) is 3. The van der Waals surface area contributed by atoms with Crippen molar-refractivity contribution in [1.29, 1.82) is 0 Å². The van der Waals surface area contributed by atoms with Crippen LogP contribution < -0.4 is 20.7 Å². The minimum Gasteiger partial charge on any atom is -0.492 e. The Morgan fingerprint density at radius 2 is 1.97 bits per heavy atom. The summed E-state index contributed by atoms with van der Waals surface area (Å²) in [4.78, 5) is 18.8. The van der Waals surface area contributed by atoms with Gasteiger partial charge in [-0.25, -0.2) is 0 Å². The van der Waals surface area contributed by atoms with Gasteiger partial charge in [-0.2, -0.15) is 0 Å². The highest BCUT2D eigenvalue weighted by Gasteiger charge is 2.38. The summed E-state index contributed by atoms with van der Waals surface area (Å²) in [7, 11) is 0. The molecule has 0 aromatic heterocycles. The number of hydrogen-bond donors (Lipinski definition) is 3. The Hall–Kier alpha value is -2.32. The number of amides is 1. The van der Waals surface area contributed by atoms with Gasteiger partial charge in [0, 0.05) is 43.9 Å². The standard InChI is InChI=1S/C24H39N5O3/c1-3-25-23(26-12-15-32-22-9-7-8-21(18-22)28-20(2)30)27-19-24(10-5-4-6-11-24)29-13-16-31-17-14-29/h7-9,18H,3-6,10-17,19H2,1-2H3,(H,28,30)(H2,25,26,27). The van der Waals surface area contributed by atoms with Gasteiger partial charge in [0.05, 0.1) is 26.3 Å². The van der Waals surface area contributed by atoms with Crippen molar-refractivity contribution < 1.29 is 14.3 Å². The molecule has 8 heteroatoms. The third-order valence-electron chi connectivity index (χ3n) is 6.16. The van der Waals surface area contributed by atoms with Gasteiger partial charge in [0.1, 0.15) is 12.4 Å². The zero-order chi connectivity index (χ0) is 22.7. The minimum absolute atomic E-state index is 0.0943. The monoisotopic (exact) mass is 445 g/mol. The lowest BCUT2D eigenvalue weighted by Gasteiger charge is -2.47. The van der Waals surface area contributed by atoms with Crippen LogP contribution in [0.15, 0.2) is 29.3 Å². The first-order valence-electron chi connectivity index (χ1n) is 12.0. The molecule has 3 rings (SSSR count). The second kappa shape index (κ2) is 12.6. The molecule has 0 atom stereocenters. The Bertz CT molecular complexity index is 743. The predicted molar refractivity (Wildman–Crippen MR) is 128 cm³/mol. The smallest absolute Gasteiger partial charge is 0.221 e. The van der Waals surface area contributed by atoms with Crippen molar-refractivity contribution >= 4 is 17.6 Å². The van der Waals surface area contributed by atoms with E-state index in [0.29, 0.717) is 13.2 Å². The number of benzene rings is 1. The van der Waals surface area contributed by atoms with Crippen LogP contribution in [0, 0.1) is 0 Å². The Kier molecular flexibility index (Phi) is 9.62. The number of rotatable bonds is 9. The Balaban J connectivity index is 1.53. The average Bonchev–Trinajstić information content (AvgIpc) is 2.81. The summed E-state index contributed by atoms with van der Waals surface area (Å²) in [5.74, 6) is 1.47. The van der Waals surface area contributed by atoms with Gasteiger partial charge in [-0.15, -0.1) is 0 Å². The van der Waals surface area contributed by atoms with Crippen LogP contribution in [0.25, 0.3) is 0 Å². The van der Waals surface area contributed by atoms with Crippen molar-refractivity contribution in [3.8, 4) is 5.75 Å². The second-order valence-corrected chi connectivity index (χ2v) is 8.56. The lowest BCUT2D eigenvalue weighted by molar-refractivity contribution is -0.114. The van der Waals surface area contributed by atoms with Crippen LogP contribution in [-0.2, 0) is 9.53 Å². The van der Waals surface area contributed by atoms with E-state index in [9.17, 15) is 4.79 Å². The first kappa shape index (κ1) is 24.3. The van der Waals surface area contributed by atoms with Crippen molar-refractivity contribution in [2.45, 2.75) is 51.5 Å². The first-order valence-corrected chi connectivity index (χ1v) is 12.0. The van der Waals surface area contributed by atoms with Gasteiger partial charge in [0.2, 0.25) is 5.91 Å². The molecule has 2 aliphatic rings. The molecule has 1 aromatic carbocycles. The molecule has 3 N–H and O–H groups in total. The van der Waals surface area contributed by atoms with Crippen LogP contribution in [0.3, 0.4) is 0 Å². The quantitative estimate of drug-likeness (QED) is 0.308. The van der Waals surface area contributed by atoms with E-state index >= 15 is 0 Å². The molecule has 8 nitrogen and oxygen atoms in total. The van der Waals surface area contributed by atoms with Gasteiger partial charge in [-0.3, -0.25) is 14.7 Å². The van der Waals surface area contributed by atoms with Crippen LogP contribution in [0.4, 0.5) is 5.69 Å². The van der Waals surface area contributed by atoms with Crippen molar-refractivity contribution in [1.82, 2.24) is 15.5 Å². The summed E-state index contributed by atoms with van der Waals surface area (Å²) >= 11 is 0. The van der Waals surface area contributed by atoms with Gasteiger partial charge in [-0.05, 0) is 31.9 Å². The van der Waals surface area contributed by atoms with E-state index in [4.69, 9.17) is 14.5 Å². The number of carbonyl (C=O) groups excluding carboxylic acids is 1. The van der Waals surface area contributed by atoms with Crippen LogP contribution >= 0.6 is 0 Å². The Labute approximate surface area is 192 Å². The summed E-state index contributed by atoms with van der Waals surface area (Å²) in [6.07, 6.45) is 6.31. The first-order chi connectivity index (χ1) is 15.6. The molecular formula is C24H39N5O3. The van der Waals surface area contributed by atoms with Crippen LogP contribution in [0.1, 0.15) is 46.0 Å². The molecule has 1 saturated heterocycles. The molecule has 1 aliphatic carbocycles. The number of aliphatic imine (C=N–C) groups is 1. The molecule has 178 valence electrons. The Morgan fingerprint density at radius 3 is 2.69 bits per heavy atom. The molecule has 1 aliphatic heterocycles. The van der Waals surface area contributed by atoms with Gasteiger partial charge >= 0.3 is 0 Å². The average molecular weight is 446 g/mol. The van der Waals surface area contributed by atoms with E-state index in [-0.39, 0.29) is 11.4 Å². The van der Waals surface area contributed by atoms with Crippen LogP contribution in [-0.4, -0.2) is 74.8 Å². The third kappa shape index (κ3) is 7.38. The van der Waals surface area contributed by atoms with E-state index < -0.39 is 0 Å². The number of guanidine groups is 1. The van der Waals surface area contributed by atoms with Gasteiger partial charge in [0.25, 0.3) is 0 Å². The molecule has 1 heterocycles. The van der Waals surface area contributed by atoms with E-state index in [1.54, 1.807) is 0 Å². The molecular weight excluding hydrogens is 406 g/mol. The predicted octanol–water partition coefficient (Wildman–Crippen LogP) is 2.61. The zero-order valence-electron chi connectivity index (χ0n) is 19.6. The summed E-state index contributed by atoms with van der Waals surface area (Å²) < 4.78 is 11.4. The van der Waals surface area contributed by atoms with E-state index in [1.807, 2.05) is 24.3 Å². The highest BCUT2D eigenvalue weighted by Crippen LogP contribution is 2.34. The molecule has 0 spiro atoms. The lowest BCUT2D eigenvalue weighted by Crippen LogP contribution is -2.56. The maximum atomic E-state index is 11.2. The molecule has 2 fully saturated rings. The summed E-state index contributed by atoms with van der Waals surface area (Å²) in [5, 5.41) is 9.54. The van der Waals surface area contributed by atoms with Crippen molar-refractivity contribution in [2.24, 2.45) is 4.99 Å². The Morgan fingerprint density at radius 1 is 1.19 bits per heavy atom. The number of nitrogens with zero attached hydrogens (tertiary/aromatic N) is 2. The van der Waals surface area contributed by atoms with Crippen LogP contribution in [0.2, 0.25) is 0 Å². The second-order valence-electron chi connectivity index (χ2n) is 8.56. The molecule has 0 unspecified atom stereocenters. The van der Waals surface area contributed by atoms with Crippen molar-refractivity contribution in [3.63, 3.8) is 0 Å². The van der Waals surface area contributed by atoms with Gasteiger partial charge in [-0.1, -0.05) is 25.3 Å². The van der Waals surface area contributed by atoms with Crippen molar-refractivity contribution in [2.75, 3.05) is 57.9 Å². The molecule has 1 saturated carbocycles. The zero-order valence-corrected chi connectivity index (χ0v) is 19.6. The van der Waals surface area contributed by atoms with E-state index in [2.05, 4.69) is 27.8 Å². The largest absolute Gasteiger partial charge is 0.492 e. The molecule has 0 radical (unpaired) electrons.